The van der Waals surface area contributed by atoms with Gasteiger partial charge in [-0.2, -0.15) is 0 Å². The van der Waals surface area contributed by atoms with Crippen molar-refractivity contribution >= 4 is 23.2 Å². The summed E-state index contributed by atoms with van der Waals surface area (Å²) in [4.78, 5) is 2.51. The van der Waals surface area contributed by atoms with Gasteiger partial charge in [0.25, 0.3) is 0 Å². The topological polar surface area (TPSA) is 3.24 Å². The normalized spacial score (nSPS) is 24.7. The number of hydrogen-bond donors (Lipinski definition) is 0. The van der Waals surface area contributed by atoms with E-state index in [0.29, 0.717) is 17.0 Å². The second-order valence-electron chi connectivity index (χ2n) is 7.44. The number of hydrogen-bond acceptors (Lipinski definition) is 1. The van der Waals surface area contributed by atoms with Gasteiger partial charge in [0, 0.05) is 34.6 Å². The zero-order valence-corrected chi connectivity index (χ0v) is 16.4. The third-order valence-corrected chi connectivity index (χ3v) is 5.58. The lowest BCUT2D eigenvalue weighted by Crippen LogP contribution is -2.45. The summed E-state index contributed by atoms with van der Waals surface area (Å²) < 4.78 is 14.0. The van der Waals surface area contributed by atoms with Gasteiger partial charge < -0.3 is 0 Å². The zero-order valence-electron chi connectivity index (χ0n) is 14.8. The van der Waals surface area contributed by atoms with Crippen LogP contribution in [0.3, 0.4) is 0 Å². The summed E-state index contributed by atoms with van der Waals surface area (Å²) in [6.07, 6.45) is 1.01. The standard InChI is InChI=1S/C21H24Cl2FN/c1-13(2)25-12-14(3)8-20(16-9-18(23)11-19(24)10-16)21(25)15-4-6-17(22)7-5-15/h4-7,9-11,13-14,20-21H,8,12H2,1-3H3/t14-,20+,21+/m0/s1. The highest BCUT2D eigenvalue weighted by molar-refractivity contribution is 6.30. The average molecular weight is 380 g/mol. The van der Waals surface area contributed by atoms with Crippen LogP contribution in [0, 0.1) is 11.7 Å². The molecule has 3 rings (SSSR count). The Kier molecular flexibility index (Phi) is 5.72. The SMILES string of the molecule is CC(C)N1C[C@@H](C)C[C@H](c2cc(F)cc(Cl)c2)[C@H]1c1ccc(Cl)cc1. The Bertz CT molecular complexity index is 709. The number of piperidine rings is 1. The number of nitrogens with zero attached hydrogens (tertiary/aromatic N) is 1. The highest BCUT2D eigenvalue weighted by Crippen LogP contribution is 2.45. The van der Waals surface area contributed by atoms with Crippen LogP contribution < -0.4 is 0 Å². The zero-order chi connectivity index (χ0) is 18.1. The molecule has 1 aliphatic rings. The third-order valence-electron chi connectivity index (χ3n) is 5.11. The van der Waals surface area contributed by atoms with Crippen LogP contribution in [0.25, 0.3) is 0 Å². The van der Waals surface area contributed by atoms with Crippen molar-refractivity contribution in [1.82, 2.24) is 4.90 Å². The molecule has 0 saturated carbocycles. The first kappa shape index (κ1) is 18.7. The molecular weight excluding hydrogens is 356 g/mol. The molecule has 0 amide bonds. The number of halogens is 3. The van der Waals surface area contributed by atoms with E-state index in [-0.39, 0.29) is 17.8 Å². The Labute approximate surface area is 159 Å². The van der Waals surface area contributed by atoms with Crippen LogP contribution in [0.1, 0.15) is 50.3 Å². The van der Waals surface area contributed by atoms with Gasteiger partial charge in [-0.05, 0) is 67.6 Å². The highest BCUT2D eigenvalue weighted by atomic mass is 35.5. The monoisotopic (exact) mass is 379 g/mol. The van der Waals surface area contributed by atoms with Crippen molar-refractivity contribution in [3.8, 4) is 0 Å². The number of rotatable bonds is 3. The van der Waals surface area contributed by atoms with Crippen LogP contribution >= 0.6 is 23.2 Å². The second kappa shape index (κ2) is 7.65. The molecule has 0 aromatic heterocycles. The van der Waals surface area contributed by atoms with Crippen LogP contribution in [0.2, 0.25) is 10.0 Å². The Balaban J connectivity index is 2.09. The predicted molar refractivity (Wildman–Crippen MR) is 104 cm³/mol. The molecule has 0 aliphatic carbocycles. The van der Waals surface area contributed by atoms with E-state index in [4.69, 9.17) is 23.2 Å². The molecule has 1 aliphatic heterocycles. The van der Waals surface area contributed by atoms with Gasteiger partial charge in [0.15, 0.2) is 0 Å². The van der Waals surface area contributed by atoms with E-state index in [9.17, 15) is 4.39 Å². The third kappa shape index (κ3) is 4.19. The quantitative estimate of drug-likeness (QED) is 0.572. The van der Waals surface area contributed by atoms with Gasteiger partial charge in [-0.15, -0.1) is 0 Å². The fourth-order valence-electron chi connectivity index (χ4n) is 4.06. The molecular formula is C21H24Cl2FN. The van der Waals surface area contributed by atoms with Crippen molar-refractivity contribution < 1.29 is 4.39 Å². The van der Waals surface area contributed by atoms with Gasteiger partial charge in [0.2, 0.25) is 0 Å². The summed E-state index contributed by atoms with van der Waals surface area (Å²) >= 11 is 12.2. The first-order valence-corrected chi connectivity index (χ1v) is 9.58. The van der Waals surface area contributed by atoms with Crippen molar-refractivity contribution in [2.24, 2.45) is 5.92 Å². The molecule has 25 heavy (non-hydrogen) atoms. The Morgan fingerprint density at radius 1 is 1.00 bits per heavy atom. The van der Waals surface area contributed by atoms with Crippen LogP contribution in [0.5, 0.6) is 0 Å². The molecule has 0 spiro atoms. The number of benzene rings is 2. The Morgan fingerprint density at radius 3 is 2.28 bits per heavy atom. The van der Waals surface area contributed by atoms with Crippen LogP contribution in [0.4, 0.5) is 4.39 Å². The molecule has 0 N–H and O–H groups in total. The molecule has 1 fully saturated rings. The lowest BCUT2D eigenvalue weighted by atomic mass is 9.76. The minimum Gasteiger partial charge on any atom is -0.293 e. The van der Waals surface area contributed by atoms with Crippen LogP contribution in [0.15, 0.2) is 42.5 Å². The highest BCUT2D eigenvalue weighted by Gasteiger charge is 2.37. The summed E-state index contributed by atoms with van der Waals surface area (Å²) in [7, 11) is 0. The van der Waals surface area contributed by atoms with E-state index in [1.807, 2.05) is 18.2 Å². The fraction of sp³-hybridized carbons (Fsp3) is 0.429. The summed E-state index contributed by atoms with van der Waals surface area (Å²) in [5.74, 6) is 0.463. The largest absolute Gasteiger partial charge is 0.293 e. The lowest BCUT2D eigenvalue weighted by Gasteiger charge is -2.46. The molecule has 2 aromatic rings. The fourth-order valence-corrected chi connectivity index (χ4v) is 4.42. The molecule has 0 unspecified atom stereocenters. The van der Waals surface area contributed by atoms with Crippen molar-refractivity contribution in [3.05, 3.63) is 69.5 Å². The maximum absolute atomic E-state index is 14.0. The molecule has 0 bridgehead atoms. The molecule has 3 atom stereocenters. The van der Waals surface area contributed by atoms with E-state index in [1.54, 1.807) is 6.07 Å². The van der Waals surface area contributed by atoms with E-state index in [2.05, 4.69) is 37.8 Å². The predicted octanol–water partition coefficient (Wildman–Crippen LogP) is 6.71. The first-order chi connectivity index (χ1) is 11.8. The van der Waals surface area contributed by atoms with Gasteiger partial charge in [0.05, 0.1) is 0 Å². The van der Waals surface area contributed by atoms with Crippen molar-refractivity contribution in [2.75, 3.05) is 6.54 Å². The maximum atomic E-state index is 14.0. The van der Waals surface area contributed by atoms with E-state index >= 15 is 0 Å². The van der Waals surface area contributed by atoms with Crippen LogP contribution in [-0.4, -0.2) is 17.5 Å². The number of likely N-dealkylation sites (tertiary alicyclic amines) is 1. The van der Waals surface area contributed by atoms with Crippen molar-refractivity contribution in [3.63, 3.8) is 0 Å². The second-order valence-corrected chi connectivity index (χ2v) is 8.31. The van der Waals surface area contributed by atoms with Crippen molar-refractivity contribution in [2.45, 2.75) is 45.2 Å². The lowest BCUT2D eigenvalue weighted by molar-refractivity contribution is 0.0630. The van der Waals surface area contributed by atoms with Crippen LogP contribution in [-0.2, 0) is 0 Å². The smallest absolute Gasteiger partial charge is 0.124 e. The van der Waals surface area contributed by atoms with Gasteiger partial charge in [0.1, 0.15) is 5.82 Å². The summed E-state index contributed by atoms with van der Waals surface area (Å²) in [6.45, 7) is 7.74. The molecule has 2 aromatic carbocycles. The van der Waals surface area contributed by atoms with Gasteiger partial charge in [-0.1, -0.05) is 42.3 Å². The summed E-state index contributed by atoms with van der Waals surface area (Å²) in [5.41, 5.74) is 2.19. The minimum atomic E-state index is -0.272. The molecule has 1 saturated heterocycles. The first-order valence-electron chi connectivity index (χ1n) is 8.82. The maximum Gasteiger partial charge on any atom is 0.124 e. The van der Waals surface area contributed by atoms with E-state index < -0.39 is 0 Å². The van der Waals surface area contributed by atoms with Gasteiger partial charge >= 0.3 is 0 Å². The van der Waals surface area contributed by atoms with Crippen molar-refractivity contribution in [1.29, 1.82) is 0 Å². The molecule has 4 heteroatoms. The van der Waals surface area contributed by atoms with E-state index in [0.717, 1.165) is 23.6 Å². The average Bonchev–Trinajstić information content (AvgIpc) is 2.54. The van der Waals surface area contributed by atoms with Gasteiger partial charge in [-0.25, -0.2) is 4.39 Å². The molecule has 1 nitrogen and oxygen atoms in total. The minimum absolute atomic E-state index is 0.186. The van der Waals surface area contributed by atoms with Gasteiger partial charge in [-0.3, -0.25) is 4.90 Å². The van der Waals surface area contributed by atoms with E-state index in [1.165, 1.54) is 11.6 Å². The molecule has 1 heterocycles. The summed E-state index contributed by atoms with van der Waals surface area (Å²) in [5, 5.41) is 1.19. The molecule has 0 radical (unpaired) electrons. The Morgan fingerprint density at radius 2 is 1.68 bits per heavy atom. The molecule has 134 valence electrons. The Hall–Kier alpha value is -1.09. The summed E-state index contributed by atoms with van der Waals surface area (Å²) in [6, 6.07) is 13.5.